The molecule has 2 nitrogen and oxygen atoms in total. The lowest BCUT2D eigenvalue weighted by Crippen LogP contribution is -2.15. The molecule has 0 amide bonds. The minimum absolute atomic E-state index is 0.111. The highest BCUT2D eigenvalue weighted by Gasteiger charge is 2.15. The van der Waals surface area contributed by atoms with Crippen LogP contribution in [-0.4, -0.2) is 13.2 Å². The molecule has 1 aliphatic heterocycles. The van der Waals surface area contributed by atoms with E-state index in [4.69, 9.17) is 9.47 Å². The summed E-state index contributed by atoms with van der Waals surface area (Å²) in [4.78, 5) is 0.111. The maximum absolute atomic E-state index is 13.2. The van der Waals surface area contributed by atoms with Crippen molar-refractivity contribution in [1.82, 2.24) is 0 Å². The molecule has 1 aliphatic rings. The van der Waals surface area contributed by atoms with E-state index in [1.807, 2.05) is 24.3 Å². The number of halogens is 2. The van der Waals surface area contributed by atoms with Crippen LogP contribution in [0.4, 0.5) is 4.39 Å². The Bertz CT molecular complexity index is 615. The average molecular weight is 337 g/mol. The Labute approximate surface area is 125 Å². The molecule has 2 aromatic carbocycles. The van der Waals surface area contributed by atoms with E-state index in [0.717, 1.165) is 29.0 Å². The molecular weight excluding hydrogens is 323 g/mol. The first-order valence-electron chi connectivity index (χ1n) is 6.50. The summed E-state index contributed by atoms with van der Waals surface area (Å²) < 4.78 is 24.3. The van der Waals surface area contributed by atoms with E-state index in [2.05, 4.69) is 15.9 Å². The summed E-state index contributed by atoms with van der Waals surface area (Å²) in [5.74, 6) is 1.35. The predicted molar refractivity (Wildman–Crippen MR) is 79.2 cm³/mol. The molecule has 2 aromatic rings. The quantitative estimate of drug-likeness (QED) is 0.779. The van der Waals surface area contributed by atoms with Gasteiger partial charge in [-0.3, -0.25) is 0 Å². The zero-order valence-electron chi connectivity index (χ0n) is 10.8. The fourth-order valence-corrected chi connectivity index (χ4v) is 2.90. The summed E-state index contributed by atoms with van der Waals surface area (Å²) in [5, 5.41) is 0. The van der Waals surface area contributed by atoms with Crippen LogP contribution in [0.3, 0.4) is 0 Å². The highest BCUT2D eigenvalue weighted by molar-refractivity contribution is 9.09. The van der Waals surface area contributed by atoms with Crippen LogP contribution in [0.2, 0.25) is 0 Å². The zero-order chi connectivity index (χ0) is 13.9. The standard InChI is InChI=1S/C16H14BrFO2/c17-14(9-11-2-1-3-13(18)8-11)12-4-5-15-16(10-12)20-7-6-19-15/h1-5,8,10,14H,6-7,9H2. The second-order valence-electron chi connectivity index (χ2n) is 4.70. The molecule has 1 heterocycles. The molecule has 0 bridgehead atoms. The molecule has 0 spiro atoms. The molecule has 0 radical (unpaired) electrons. The van der Waals surface area contributed by atoms with Gasteiger partial charge in [-0.25, -0.2) is 4.39 Å². The van der Waals surface area contributed by atoms with Crippen molar-refractivity contribution < 1.29 is 13.9 Å². The van der Waals surface area contributed by atoms with Gasteiger partial charge in [-0.15, -0.1) is 0 Å². The van der Waals surface area contributed by atoms with Crippen molar-refractivity contribution in [2.75, 3.05) is 13.2 Å². The number of fused-ring (bicyclic) bond motifs is 1. The molecule has 1 atom stereocenters. The third-order valence-corrected chi connectivity index (χ3v) is 4.08. The predicted octanol–water partition coefficient (Wildman–Crippen LogP) is 4.28. The molecular formula is C16H14BrFO2. The first kappa shape index (κ1) is 13.4. The van der Waals surface area contributed by atoms with Crippen LogP contribution in [0.15, 0.2) is 42.5 Å². The Morgan fingerprint density at radius 2 is 1.85 bits per heavy atom. The van der Waals surface area contributed by atoms with Gasteiger partial charge in [0.25, 0.3) is 0 Å². The van der Waals surface area contributed by atoms with Crippen molar-refractivity contribution in [2.24, 2.45) is 0 Å². The largest absolute Gasteiger partial charge is 0.486 e. The van der Waals surface area contributed by atoms with E-state index in [-0.39, 0.29) is 10.6 Å². The Hall–Kier alpha value is -1.55. The molecule has 0 aliphatic carbocycles. The van der Waals surface area contributed by atoms with E-state index < -0.39 is 0 Å². The summed E-state index contributed by atoms with van der Waals surface area (Å²) in [6, 6.07) is 12.6. The van der Waals surface area contributed by atoms with Gasteiger partial charge in [0.1, 0.15) is 19.0 Å². The molecule has 104 valence electrons. The second kappa shape index (κ2) is 5.83. The molecule has 1 unspecified atom stereocenters. The number of alkyl halides is 1. The molecule has 0 N–H and O–H groups in total. The minimum atomic E-state index is -0.204. The maximum Gasteiger partial charge on any atom is 0.161 e. The lowest BCUT2D eigenvalue weighted by Gasteiger charge is -2.20. The van der Waals surface area contributed by atoms with Gasteiger partial charge in [0.2, 0.25) is 0 Å². The van der Waals surface area contributed by atoms with Crippen LogP contribution in [0.1, 0.15) is 16.0 Å². The van der Waals surface area contributed by atoms with Crippen LogP contribution in [-0.2, 0) is 6.42 Å². The lowest BCUT2D eigenvalue weighted by atomic mass is 10.0. The van der Waals surface area contributed by atoms with E-state index >= 15 is 0 Å². The molecule has 3 rings (SSSR count). The summed E-state index contributed by atoms with van der Waals surface area (Å²) >= 11 is 3.66. The number of hydrogen-bond donors (Lipinski definition) is 0. The van der Waals surface area contributed by atoms with E-state index in [1.54, 1.807) is 12.1 Å². The van der Waals surface area contributed by atoms with Gasteiger partial charge in [-0.1, -0.05) is 34.1 Å². The molecule has 0 fully saturated rings. The van der Waals surface area contributed by atoms with Crippen molar-refractivity contribution in [3.05, 3.63) is 59.4 Å². The summed E-state index contributed by atoms with van der Waals surface area (Å²) in [5.41, 5.74) is 2.06. The van der Waals surface area contributed by atoms with Gasteiger partial charge in [-0.05, 0) is 41.8 Å². The van der Waals surface area contributed by atoms with Crippen LogP contribution in [0.5, 0.6) is 11.5 Å². The number of benzene rings is 2. The number of hydrogen-bond acceptors (Lipinski definition) is 2. The number of rotatable bonds is 3. The summed E-state index contributed by atoms with van der Waals surface area (Å²) in [7, 11) is 0. The van der Waals surface area contributed by atoms with Crippen LogP contribution in [0.25, 0.3) is 0 Å². The summed E-state index contributed by atoms with van der Waals surface area (Å²) in [6.45, 7) is 1.17. The molecule has 20 heavy (non-hydrogen) atoms. The van der Waals surface area contributed by atoms with Crippen molar-refractivity contribution in [1.29, 1.82) is 0 Å². The fourth-order valence-electron chi connectivity index (χ4n) is 2.24. The van der Waals surface area contributed by atoms with Crippen molar-refractivity contribution in [3.63, 3.8) is 0 Å². The van der Waals surface area contributed by atoms with Crippen LogP contribution in [0, 0.1) is 5.82 Å². The maximum atomic E-state index is 13.2. The van der Waals surface area contributed by atoms with Gasteiger partial charge in [0.05, 0.1) is 0 Å². The first-order chi connectivity index (χ1) is 9.72. The summed E-state index contributed by atoms with van der Waals surface area (Å²) in [6.07, 6.45) is 0.720. The fraction of sp³-hybridized carbons (Fsp3) is 0.250. The Balaban J connectivity index is 1.78. The Morgan fingerprint density at radius 1 is 1.05 bits per heavy atom. The molecule has 0 saturated carbocycles. The topological polar surface area (TPSA) is 18.5 Å². The Kier molecular flexibility index (Phi) is 3.92. The number of ether oxygens (including phenoxy) is 2. The third-order valence-electron chi connectivity index (χ3n) is 3.23. The zero-order valence-corrected chi connectivity index (χ0v) is 12.4. The monoisotopic (exact) mass is 336 g/mol. The SMILES string of the molecule is Fc1cccc(CC(Br)c2ccc3c(c2)OCCO3)c1. The normalized spacial score (nSPS) is 14.9. The molecule has 0 saturated heterocycles. The lowest BCUT2D eigenvalue weighted by molar-refractivity contribution is 0.171. The highest BCUT2D eigenvalue weighted by Crippen LogP contribution is 2.36. The molecule has 0 aromatic heterocycles. The molecule has 4 heteroatoms. The van der Waals surface area contributed by atoms with Crippen LogP contribution >= 0.6 is 15.9 Å². The van der Waals surface area contributed by atoms with Crippen molar-refractivity contribution in [2.45, 2.75) is 11.2 Å². The van der Waals surface area contributed by atoms with E-state index in [9.17, 15) is 4.39 Å². The van der Waals surface area contributed by atoms with Gasteiger partial charge in [-0.2, -0.15) is 0 Å². The highest BCUT2D eigenvalue weighted by atomic mass is 79.9. The van der Waals surface area contributed by atoms with E-state index in [0.29, 0.717) is 13.2 Å². The first-order valence-corrected chi connectivity index (χ1v) is 7.42. The second-order valence-corrected chi connectivity index (χ2v) is 5.81. The van der Waals surface area contributed by atoms with Gasteiger partial charge in [0.15, 0.2) is 11.5 Å². The third kappa shape index (κ3) is 2.96. The smallest absolute Gasteiger partial charge is 0.161 e. The van der Waals surface area contributed by atoms with Gasteiger partial charge in [0, 0.05) is 4.83 Å². The van der Waals surface area contributed by atoms with Crippen molar-refractivity contribution in [3.8, 4) is 11.5 Å². The van der Waals surface area contributed by atoms with Crippen molar-refractivity contribution >= 4 is 15.9 Å². The minimum Gasteiger partial charge on any atom is -0.486 e. The van der Waals surface area contributed by atoms with Crippen LogP contribution < -0.4 is 9.47 Å². The van der Waals surface area contributed by atoms with Gasteiger partial charge < -0.3 is 9.47 Å². The van der Waals surface area contributed by atoms with Gasteiger partial charge >= 0.3 is 0 Å². The average Bonchev–Trinajstić information content (AvgIpc) is 2.47. The van der Waals surface area contributed by atoms with E-state index in [1.165, 1.54) is 6.07 Å². The Morgan fingerprint density at radius 3 is 2.65 bits per heavy atom.